The van der Waals surface area contributed by atoms with Gasteiger partial charge in [0.15, 0.2) is 0 Å². The average molecular weight is 225 g/mol. The minimum Gasteiger partial charge on any atom is -0.390 e. The van der Waals surface area contributed by atoms with Crippen LogP contribution < -0.4 is 0 Å². The number of hydrogen-bond donors (Lipinski definition) is 1. The summed E-state index contributed by atoms with van der Waals surface area (Å²) in [7, 11) is 1.58. The zero-order chi connectivity index (χ0) is 11.4. The Morgan fingerprint density at radius 2 is 2.31 bits per heavy atom. The second-order valence-corrected chi connectivity index (χ2v) is 4.44. The standard InChI is InChI=1S/C11H19N3O2/c1-16-8-11(15)6-9-7-14(13-12-9)10-4-2-3-5-10/h7,10-11,15H,2-6,8H2,1H3/t11-/m0/s1. The first-order chi connectivity index (χ1) is 7.79. The fourth-order valence-electron chi connectivity index (χ4n) is 2.25. The van der Waals surface area contributed by atoms with E-state index in [1.807, 2.05) is 10.9 Å². The first-order valence-electron chi connectivity index (χ1n) is 5.87. The van der Waals surface area contributed by atoms with Crippen LogP contribution in [0.1, 0.15) is 37.4 Å². The Bertz CT molecular complexity index is 321. The van der Waals surface area contributed by atoms with E-state index in [0.29, 0.717) is 19.1 Å². The smallest absolute Gasteiger partial charge is 0.0853 e. The summed E-state index contributed by atoms with van der Waals surface area (Å²) in [5.74, 6) is 0. The molecule has 0 spiro atoms. The summed E-state index contributed by atoms with van der Waals surface area (Å²) in [6.07, 6.45) is 6.94. The van der Waals surface area contributed by atoms with Gasteiger partial charge in [-0.25, -0.2) is 4.68 Å². The molecule has 1 aliphatic carbocycles. The van der Waals surface area contributed by atoms with Crippen molar-refractivity contribution in [1.29, 1.82) is 0 Å². The van der Waals surface area contributed by atoms with Crippen LogP contribution in [-0.4, -0.2) is 39.9 Å². The maximum Gasteiger partial charge on any atom is 0.0853 e. The Morgan fingerprint density at radius 1 is 1.56 bits per heavy atom. The molecule has 1 aliphatic rings. The Balaban J connectivity index is 1.91. The lowest BCUT2D eigenvalue weighted by molar-refractivity contribution is 0.0644. The largest absolute Gasteiger partial charge is 0.390 e. The fourth-order valence-corrected chi connectivity index (χ4v) is 2.25. The van der Waals surface area contributed by atoms with Gasteiger partial charge in [-0.1, -0.05) is 18.1 Å². The molecule has 1 N–H and O–H groups in total. The van der Waals surface area contributed by atoms with E-state index in [2.05, 4.69) is 10.3 Å². The molecule has 1 saturated carbocycles. The van der Waals surface area contributed by atoms with Gasteiger partial charge in [0.25, 0.3) is 0 Å². The molecular formula is C11H19N3O2. The fraction of sp³-hybridized carbons (Fsp3) is 0.818. The Hall–Kier alpha value is -0.940. The SMILES string of the molecule is COC[C@@H](O)Cc1cn(C2CCCC2)nn1. The molecule has 0 aliphatic heterocycles. The van der Waals surface area contributed by atoms with Gasteiger partial charge in [-0.3, -0.25) is 0 Å². The Morgan fingerprint density at radius 3 is 3.00 bits per heavy atom. The molecular weight excluding hydrogens is 206 g/mol. The highest BCUT2D eigenvalue weighted by Gasteiger charge is 2.18. The van der Waals surface area contributed by atoms with Crippen molar-refractivity contribution in [3.63, 3.8) is 0 Å². The van der Waals surface area contributed by atoms with Crippen molar-refractivity contribution in [3.05, 3.63) is 11.9 Å². The van der Waals surface area contributed by atoms with Crippen LogP contribution in [-0.2, 0) is 11.2 Å². The van der Waals surface area contributed by atoms with Crippen LogP contribution in [0.2, 0.25) is 0 Å². The number of aliphatic hydroxyl groups is 1. The van der Waals surface area contributed by atoms with Crippen LogP contribution in [0.4, 0.5) is 0 Å². The third-order valence-electron chi connectivity index (χ3n) is 3.06. The molecule has 5 heteroatoms. The van der Waals surface area contributed by atoms with Crippen molar-refractivity contribution < 1.29 is 9.84 Å². The molecule has 2 rings (SSSR count). The van der Waals surface area contributed by atoms with Gasteiger partial charge in [0.05, 0.1) is 24.4 Å². The molecule has 1 fully saturated rings. The van der Waals surface area contributed by atoms with Crippen LogP contribution >= 0.6 is 0 Å². The highest BCUT2D eigenvalue weighted by molar-refractivity contribution is 4.96. The van der Waals surface area contributed by atoms with E-state index in [-0.39, 0.29) is 0 Å². The quantitative estimate of drug-likeness (QED) is 0.810. The van der Waals surface area contributed by atoms with Crippen molar-refractivity contribution in [2.45, 2.75) is 44.2 Å². The van der Waals surface area contributed by atoms with E-state index < -0.39 is 6.10 Å². The van der Waals surface area contributed by atoms with Crippen LogP contribution in [0.5, 0.6) is 0 Å². The zero-order valence-corrected chi connectivity index (χ0v) is 9.67. The minimum absolute atomic E-state index is 0.344. The summed E-state index contributed by atoms with van der Waals surface area (Å²) in [5.41, 5.74) is 0.844. The van der Waals surface area contributed by atoms with Gasteiger partial charge < -0.3 is 9.84 Å². The van der Waals surface area contributed by atoms with E-state index in [4.69, 9.17) is 4.74 Å². The third kappa shape index (κ3) is 2.80. The lowest BCUT2D eigenvalue weighted by Crippen LogP contribution is -2.17. The van der Waals surface area contributed by atoms with Gasteiger partial charge in [-0.05, 0) is 12.8 Å². The summed E-state index contributed by atoms with van der Waals surface area (Å²) in [6, 6.07) is 0.515. The summed E-state index contributed by atoms with van der Waals surface area (Å²) >= 11 is 0. The van der Waals surface area contributed by atoms with Crippen molar-refractivity contribution in [3.8, 4) is 0 Å². The molecule has 0 bridgehead atoms. The Labute approximate surface area is 95.4 Å². The zero-order valence-electron chi connectivity index (χ0n) is 9.67. The monoisotopic (exact) mass is 225 g/mol. The molecule has 0 amide bonds. The first kappa shape index (κ1) is 11.5. The van der Waals surface area contributed by atoms with Crippen LogP contribution in [0.15, 0.2) is 6.20 Å². The van der Waals surface area contributed by atoms with Crippen LogP contribution in [0.25, 0.3) is 0 Å². The van der Waals surface area contributed by atoms with E-state index in [1.54, 1.807) is 7.11 Å². The molecule has 0 aromatic carbocycles. The van der Waals surface area contributed by atoms with Crippen LogP contribution in [0, 0.1) is 0 Å². The molecule has 16 heavy (non-hydrogen) atoms. The molecule has 90 valence electrons. The van der Waals surface area contributed by atoms with Gasteiger partial charge >= 0.3 is 0 Å². The molecule has 0 radical (unpaired) electrons. The van der Waals surface area contributed by atoms with Crippen molar-refractivity contribution in [1.82, 2.24) is 15.0 Å². The highest BCUT2D eigenvalue weighted by atomic mass is 16.5. The van der Waals surface area contributed by atoms with E-state index in [0.717, 1.165) is 5.69 Å². The second kappa shape index (κ2) is 5.41. The summed E-state index contributed by atoms with van der Waals surface area (Å²) < 4.78 is 6.82. The predicted octanol–water partition coefficient (Wildman–Crippen LogP) is 0.943. The number of rotatable bonds is 5. The lowest BCUT2D eigenvalue weighted by Gasteiger charge is -2.07. The number of nitrogens with zero attached hydrogens (tertiary/aromatic N) is 3. The Kier molecular flexibility index (Phi) is 3.90. The topological polar surface area (TPSA) is 60.2 Å². The average Bonchev–Trinajstić information content (AvgIpc) is 2.86. The number of methoxy groups -OCH3 is 1. The first-order valence-corrected chi connectivity index (χ1v) is 5.87. The van der Waals surface area contributed by atoms with E-state index >= 15 is 0 Å². The third-order valence-corrected chi connectivity index (χ3v) is 3.06. The highest BCUT2D eigenvalue weighted by Crippen LogP contribution is 2.28. The minimum atomic E-state index is -0.487. The van der Waals surface area contributed by atoms with E-state index in [1.165, 1.54) is 25.7 Å². The van der Waals surface area contributed by atoms with Crippen molar-refractivity contribution >= 4 is 0 Å². The van der Waals surface area contributed by atoms with Gasteiger partial charge in [0.1, 0.15) is 0 Å². The van der Waals surface area contributed by atoms with Gasteiger partial charge in [0, 0.05) is 19.7 Å². The normalized spacial score (nSPS) is 19.1. The second-order valence-electron chi connectivity index (χ2n) is 4.44. The molecule has 1 heterocycles. The van der Waals surface area contributed by atoms with Crippen LogP contribution in [0.3, 0.4) is 0 Å². The number of hydrogen-bond acceptors (Lipinski definition) is 4. The molecule has 0 unspecified atom stereocenters. The predicted molar refractivity (Wildman–Crippen MR) is 59.1 cm³/mol. The number of aliphatic hydroxyl groups excluding tert-OH is 1. The van der Waals surface area contributed by atoms with Crippen molar-refractivity contribution in [2.24, 2.45) is 0 Å². The number of ether oxygens (including phenoxy) is 1. The van der Waals surface area contributed by atoms with Crippen molar-refractivity contribution in [2.75, 3.05) is 13.7 Å². The summed E-state index contributed by atoms with van der Waals surface area (Å²) in [6.45, 7) is 0.344. The maximum absolute atomic E-state index is 9.58. The number of aromatic nitrogens is 3. The lowest BCUT2D eigenvalue weighted by atomic mass is 10.2. The maximum atomic E-state index is 9.58. The molecule has 1 aromatic rings. The van der Waals surface area contributed by atoms with Gasteiger partial charge in [-0.2, -0.15) is 0 Å². The molecule has 1 aromatic heterocycles. The van der Waals surface area contributed by atoms with E-state index in [9.17, 15) is 5.11 Å². The molecule has 5 nitrogen and oxygen atoms in total. The summed E-state index contributed by atoms with van der Waals surface area (Å²) in [4.78, 5) is 0. The van der Waals surface area contributed by atoms with Gasteiger partial charge in [-0.15, -0.1) is 5.10 Å². The summed E-state index contributed by atoms with van der Waals surface area (Å²) in [5, 5.41) is 17.8. The molecule has 1 atom stereocenters. The van der Waals surface area contributed by atoms with Gasteiger partial charge in [0.2, 0.25) is 0 Å². The molecule has 0 saturated heterocycles.